The maximum absolute atomic E-state index is 10.8. The molecule has 0 aromatic heterocycles. The van der Waals surface area contributed by atoms with E-state index in [2.05, 4.69) is 10.1 Å². The average Bonchev–Trinajstić information content (AvgIpc) is 2.04. The topological polar surface area (TPSA) is 64.6 Å². The van der Waals surface area contributed by atoms with Gasteiger partial charge in [0.2, 0.25) is 0 Å². The lowest BCUT2D eigenvalue weighted by Crippen LogP contribution is -2.38. The van der Waals surface area contributed by atoms with Crippen molar-refractivity contribution >= 4 is 12.1 Å². The summed E-state index contributed by atoms with van der Waals surface area (Å²) in [7, 11) is 1.31. The van der Waals surface area contributed by atoms with E-state index in [1.165, 1.54) is 7.11 Å². The molecule has 1 fully saturated rings. The Morgan fingerprint density at radius 2 is 2.58 bits per heavy atom. The Bertz CT molecular complexity index is 192. The molecular weight excluding hydrogens is 162 g/mol. The summed E-state index contributed by atoms with van der Waals surface area (Å²) >= 11 is 0. The zero-order valence-corrected chi connectivity index (χ0v) is 6.83. The molecule has 0 aromatic carbocycles. The van der Waals surface area contributed by atoms with Gasteiger partial charge in [0.1, 0.15) is 6.10 Å². The van der Waals surface area contributed by atoms with Crippen molar-refractivity contribution < 1.29 is 19.1 Å². The molecule has 1 atom stereocenters. The van der Waals surface area contributed by atoms with Gasteiger partial charge in [-0.3, -0.25) is 4.79 Å². The molecule has 1 amide bonds. The minimum atomic E-state index is -0.463. The monoisotopic (exact) mass is 173 g/mol. The van der Waals surface area contributed by atoms with Gasteiger partial charge in [-0.25, -0.2) is 4.79 Å². The first-order chi connectivity index (χ1) is 5.72. The number of ether oxygens (including phenoxy) is 2. The summed E-state index contributed by atoms with van der Waals surface area (Å²) in [5.41, 5.74) is 0. The Balaban J connectivity index is 2.32. The first kappa shape index (κ1) is 8.83. The van der Waals surface area contributed by atoms with E-state index in [0.29, 0.717) is 13.0 Å². The van der Waals surface area contributed by atoms with Gasteiger partial charge in [-0.05, 0) is 0 Å². The SMILES string of the molecule is COC(=O)CC1CCNC(=O)O1. The second-order valence-electron chi connectivity index (χ2n) is 2.52. The van der Waals surface area contributed by atoms with Crippen molar-refractivity contribution in [1.29, 1.82) is 0 Å². The van der Waals surface area contributed by atoms with Crippen molar-refractivity contribution in [2.75, 3.05) is 13.7 Å². The van der Waals surface area contributed by atoms with Crippen LogP contribution in [0.5, 0.6) is 0 Å². The fraction of sp³-hybridized carbons (Fsp3) is 0.714. The van der Waals surface area contributed by atoms with Crippen LogP contribution in [0.15, 0.2) is 0 Å². The highest BCUT2D eigenvalue weighted by molar-refractivity contribution is 5.72. The number of alkyl carbamates (subject to hydrolysis) is 1. The number of carbonyl (C=O) groups is 2. The van der Waals surface area contributed by atoms with Gasteiger partial charge in [0, 0.05) is 13.0 Å². The number of cyclic esters (lactones) is 1. The van der Waals surface area contributed by atoms with Crippen LogP contribution >= 0.6 is 0 Å². The number of nitrogens with one attached hydrogen (secondary N) is 1. The molecule has 0 aromatic rings. The summed E-state index contributed by atoms with van der Waals surface area (Å²) < 4.78 is 9.25. The molecule has 0 radical (unpaired) electrons. The molecule has 0 saturated carbocycles. The molecule has 0 bridgehead atoms. The minimum absolute atomic E-state index is 0.143. The van der Waals surface area contributed by atoms with Crippen LogP contribution in [0.3, 0.4) is 0 Å². The van der Waals surface area contributed by atoms with E-state index < -0.39 is 6.09 Å². The van der Waals surface area contributed by atoms with Crippen LogP contribution in [0.2, 0.25) is 0 Å². The largest absolute Gasteiger partial charge is 0.469 e. The normalized spacial score (nSPS) is 22.4. The molecule has 1 aliphatic heterocycles. The van der Waals surface area contributed by atoms with Crippen molar-refractivity contribution in [1.82, 2.24) is 5.32 Å². The number of methoxy groups -OCH3 is 1. The summed E-state index contributed by atoms with van der Waals surface area (Å²) in [6.07, 6.45) is 0.00598. The lowest BCUT2D eigenvalue weighted by Gasteiger charge is -2.21. The highest BCUT2D eigenvalue weighted by Gasteiger charge is 2.22. The van der Waals surface area contributed by atoms with Gasteiger partial charge < -0.3 is 14.8 Å². The van der Waals surface area contributed by atoms with Crippen LogP contribution in [-0.2, 0) is 14.3 Å². The van der Waals surface area contributed by atoms with Crippen molar-refractivity contribution in [3.63, 3.8) is 0 Å². The molecule has 0 spiro atoms. The molecule has 0 aliphatic carbocycles. The van der Waals surface area contributed by atoms with Gasteiger partial charge in [0.25, 0.3) is 0 Å². The molecule has 1 saturated heterocycles. The third-order valence-electron chi connectivity index (χ3n) is 1.63. The van der Waals surface area contributed by atoms with Crippen molar-refractivity contribution in [2.24, 2.45) is 0 Å². The predicted molar refractivity (Wildman–Crippen MR) is 39.5 cm³/mol. The highest BCUT2D eigenvalue weighted by Crippen LogP contribution is 2.08. The molecule has 1 heterocycles. The van der Waals surface area contributed by atoms with Gasteiger partial charge in [0.05, 0.1) is 13.5 Å². The Labute approximate surface area is 70.0 Å². The molecule has 1 aliphatic rings. The lowest BCUT2D eigenvalue weighted by molar-refractivity contribution is -0.143. The van der Waals surface area contributed by atoms with E-state index in [1.807, 2.05) is 0 Å². The van der Waals surface area contributed by atoms with Crippen LogP contribution in [-0.4, -0.2) is 31.8 Å². The molecular formula is C7H11NO4. The highest BCUT2D eigenvalue weighted by atomic mass is 16.6. The number of carbonyl (C=O) groups excluding carboxylic acids is 2. The van der Waals surface area contributed by atoms with Crippen LogP contribution in [0.4, 0.5) is 4.79 Å². The van der Waals surface area contributed by atoms with E-state index >= 15 is 0 Å². The lowest BCUT2D eigenvalue weighted by atomic mass is 10.2. The smallest absolute Gasteiger partial charge is 0.407 e. The maximum atomic E-state index is 10.8. The second-order valence-corrected chi connectivity index (χ2v) is 2.52. The number of rotatable bonds is 2. The minimum Gasteiger partial charge on any atom is -0.469 e. The van der Waals surface area contributed by atoms with Crippen molar-refractivity contribution in [3.05, 3.63) is 0 Å². The number of hydrogen-bond acceptors (Lipinski definition) is 4. The Morgan fingerprint density at radius 3 is 3.17 bits per heavy atom. The van der Waals surface area contributed by atoms with Gasteiger partial charge in [-0.1, -0.05) is 0 Å². The quantitative estimate of drug-likeness (QED) is 0.599. The molecule has 68 valence electrons. The number of esters is 1. The fourth-order valence-electron chi connectivity index (χ4n) is 1.00. The fourth-order valence-corrected chi connectivity index (χ4v) is 1.00. The summed E-state index contributed by atoms with van der Waals surface area (Å²) in [6, 6.07) is 0. The van der Waals surface area contributed by atoms with Crippen molar-refractivity contribution in [2.45, 2.75) is 18.9 Å². The van der Waals surface area contributed by atoms with Crippen molar-refractivity contribution in [3.8, 4) is 0 Å². The van der Waals surface area contributed by atoms with Gasteiger partial charge >= 0.3 is 12.1 Å². The van der Waals surface area contributed by atoms with E-state index in [0.717, 1.165) is 0 Å². The Kier molecular flexibility index (Phi) is 2.90. The Morgan fingerprint density at radius 1 is 1.83 bits per heavy atom. The van der Waals surface area contributed by atoms with E-state index in [1.54, 1.807) is 0 Å². The van der Waals surface area contributed by atoms with Gasteiger partial charge in [-0.15, -0.1) is 0 Å². The summed E-state index contributed by atoms with van der Waals surface area (Å²) in [6.45, 7) is 0.556. The first-order valence-corrected chi connectivity index (χ1v) is 3.73. The molecule has 5 heteroatoms. The average molecular weight is 173 g/mol. The molecule has 1 unspecified atom stereocenters. The van der Waals surface area contributed by atoms with Gasteiger partial charge in [-0.2, -0.15) is 0 Å². The Hall–Kier alpha value is -1.26. The molecule has 12 heavy (non-hydrogen) atoms. The van der Waals surface area contributed by atoms with Crippen LogP contribution < -0.4 is 5.32 Å². The number of amides is 1. The molecule has 1 rings (SSSR count). The zero-order chi connectivity index (χ0) is 8.97. The maximum Gasteiger partial charge on any atom is 0.407 e. The van der Waals surface area contributed by atoms with Crippen LogP contribution in [0.1, 0.15) is 12.8 Å². The summed E-state index contributed by atoms with van der Waals surface area (Å²) in [5, 5.41) is 2.49. The zero-order valence-electron chi connectivity index (χ0n) is 6.83. The van der Waals surface area contributed by atoms with Crippen LogP contribution in [0, 0.1) is 0 Å². The number of hydrogen-bond donors (Lipinski definition) is 1. The van der Waals surface area contributed by atoms with Gasteiger partial charge in [0.15, 0.2) is 0 Å². The van der Waals surface area contributed by atoms with E-state index in [4.69, 9.17) is 4.74 Å². The van der Waals surface area contributed by atoms with Crippen LogP contribution in [0.25, 0.3) is 0 Å². The summed E-state index contributed by atoms with van der Waals surface area (Å²) in [4.78, 5) is 21.4. The molecule has 5 nitrogen and oxygen atoms in total. The molecule has 1 N–H and O–H groups in total. The third-order valence-corrected chi connectivity index (χ3v) is 1.63. The second kappa shape index (κ2) is 3.94. The first-order valence-electron chi connectivity index (χ1n) is 3.73. The third kappa shape index (κ3) is 2.41. The van der Waals surface area contributed by atoms with E-state index in [9.17, 15) is 9.59 Å². The standard InChI is InChI=1S/C7H11NO4/c1-11-6(9)4-5-2-3-8-7(10)12-5/h5H,2-4H2,1H3,(H,8,10). The predicted octanol–water partition coefficient (Wildman–Crippen LogP) is 0.0480. The summed E-state index contributed by atoms with van der Waals surface area (Å²) in [5.74, 6) is -0.352. The van der Waals surface area contributed by atoms with E-state index in [-0.39, 0.29) is 18.5 Å².